The molecule has 0 radical (unpaired) electrons. The fourth-order valence-corrected chi connectivity index (χ4v) is 3.95. The lowest BCUT2D eigenvalue weighted by Gasteiger charge is -2.37. The lowest BCUT2D eigenvalue weighted by atomic mass is 9.96. The minimum Gasteiger partial charge on any atom is -0.314 e. The highest BCUT2D eigenvalue weighted by Gasteiger charge is 2.25. The van der Waals surface area contributed by atoms with Crippen molar-refractivity contribution in [3.05, 3.63) is 59.5 Å². The number of aromatic nitrogens is 2. The van der Waals surface area contributed by atoms with Crippen LogP contribution in [-0.4, -0.2) is 40.9 Å². The molecule has 26 heavy (non-hydrogen) atoms. The van der Waals surface area contributed by atoms with Crippen molar-refractivity contribution in [2.45, 2.75) is 26.3 Å². The number of nitrogens with one attached hydrogen (secondary N) is 1. The summed E-state index contributed by atoms with van der Waals surface area (Å²) in [6.45, 7) is 8.67. The molecule has 1 aliphatic rings. The molecular weight excluding hydrogens is 327 g/mol. The zero-order chi connectivity index (χ0) is 18.1. The first-order valence-electron chi connectivity index (χ1n) is 9.36. The Morgan fingerprint density at radius 3 is 2.81 bits per heavy atom. The van der Waals surface area contributed by atoms with E-state index in [4.69, 9.17) is 0 Å². The Morgan fingerprint density at radius 2 is 2.04 bits per heavy atom. The van der Waals surface area contributed by atoms with Crippen molar-refractivity contribution >= 4 is 10.9 Å². The Balaban J connectivity index is 1.74. The Kier molecular flexibility index (Phi) is 4.74. The van der Waals surface area contributed by atoms with E-state index in [1.807, 2.05) is 10.9 Å². The highest BCUT2D eigenvalue weighted by molar-refractivity contribution is 5.82. The second-order valence-corrected chi connectivity index (χ2v) is 7.06. The number of halogens is 1. The van der Waals surface area contributed by atoms with Gasteiger partial charge in [-0.25, -0.2) is 9.07 Å². The molecule has 1 aliphatic heterocycles. The van der Waals surface area contributed by atoms with Crippen LogP contribution in [0.25, 0.3) is 16.6 Å². The average molecular weight is 352 g/mol. The molecule has 0 bridgehead atoms. The van der Waals surface area contributed by atoms with E-state index in [9.17, 15) is 4.39 Å². The molecule has 4 nitrogen and oxygen atoms in total. The van der Waals surface area contributed by atoms with Gasteiger partial charge in [0.25, 0.3) is 0 Å². The van der Waals surface area contributed by atoms with Crippen molar-refractivity contribution in [1.82, 2.24) is 20.0 Å². The van der Waals surface area contributed by atoms with E-state index in [0.717, 1.165) is 42.8 Å². The predicted octanol–water partition coefficient (Wildman–Crippen LogP) is 3.83. The van der Waals surface area contributed by atoms with Gasteiger partial charge in [-0.05, 0) is 67.4 Å². The SMILES string of the molecule is CCCN1CCNC[C@H]1c1cc2cnn(-c3ccc(F)cc3)c2cc1C. The summed E-state index contributed by atoms with van der Waals surface area (Å²) >= 11 is 0. The molecule has 0 unspecified atom stereocenters. The van der Waals surface area contributed by atoms with Gasteiger partial charge in [0.2, 0.25) is 0 Å². The van der Waals surface area contributed by atoms with Crippen LogP contribution in [0.1, 0.15) is 30.5 Å². The Labute approximate surface area is 153 Å². The second-order valence-electron chi connectivity index (χ2n) is 7.06. The number of benzene rings is 2. The molecule has 0 amide bonds. The number of hydrogen-bond acceptors (Lipinski definition) is 3. The molecular formula is C21H25FN4. The first kappa shape index (κ1) is 17.2. The average Bonchev–Trinajstić information content (AvgIpc) is 3.05. The monoisotopic (exact) mass is 352 g/mol. The van der Waals surface area contributed by atoms with Crippen molar-refractivity contribution in [2.75, 3.05) is 26.2 Å². The van der Waals surface area contributed by atoms with Crippen LogP contribution < -0.4 is 5.32 Å². The van der Waals surface area contributed by atoms with Crippen molar-refractivity contribution in [2.24, 2.45) is 0 Å². The Morgan fingerprint density at radius 1 is 1.23 bits per heavy atom. The van der Waals surface area contributed by atoms with Crippen molar-refractivity contribution in [1.29, 1.82) is 0 Å². The van der Waals surface area contributed by atoms with Gasteiger partial charge < -0.3 is 5.32 Å². The van der Waals surface area contributed by atoms with Gasteiger partial charge >= 0.3 is 0 Å². The van der Waals surface area contributed by atoms with E-state index in [1.165, 1.54) is 29.7 Å². The van der Waals surface area contributed by atoms with Crippen LogP contribution in [0.3, 0.4) is 0 Å². The number of hydrogen-bond donors (Lipinski definition) is 1. The van der Waals surface area contributed by atoms with Crippen LogP contribution >= 0.6 is 0 Å². The Hall–Kier alpha value is -2.24. The summed E-state index contributed by atoms with van der Waals surface area (Å²) in [4.78, 5) is 2.58. The second kappa shape index (κ2) is 7.17. The summed E-state index contributed by atoms with van der Waals surface area (Å²) in [6, 6.07) is 11.4. The lowest BCUT2D eigenvalue weighted by Crippen LogP contribution is -2.46. The lowest BCUT2D eigenvalue weighted by molar-refractivity contribution is 0.162. The molecule has 0 aliphatic carbocycles. The summed E-state index contributed by atoms with van der Waals surface area (Å²) in [5, 5.41) is 9.20. The van der Waals surface area contributed by atoms with Crippen LogP contribution in [0, 0.1) is 12.7 Å². The molecule has 1 N–H and O–H groups in total. The van der Waals surface area contributed by atoms with Crippen LogP contribution in [0.2, 0.25) is 0 Å². The highest BCUT2D eigenvalue weighted by atomic mass is 19.1. The first-order valence-corrected chi connectivity index (χ1v) is 9.36. The molecule has 136 valence electrons. The maximum absolute atomic E-state index is 13.2. The van der Waals surface area contributed by atoms with Crippen LogP contribution in [0.15, 0.2) is 42.6 Å². The van der Waals surface area contributed by atoms with Gasteiger partial charge in [-0.3, -0.25) is 4.90 Å². The third-order valence-electron chi connectivity index (χ3n) is 5.25. The quantitative estimate of drug-likeness (QED) is 0.775. The normalized spacial score (nSPS) is 18.5. The zero-order valence-electron chi connectivity index (χ0n) is 15.4. The summed E-state index contributed by atoms with van der Waals surface area (Å²) in [7, 11) is 0. The molecule has 2 aromatic carbocycles. The molecule has 0 saturated carbocycles. The van der Waals surface area contributed by atoms with E-state index >= 15 is 0 Å². The molecule has 1 aromatic heterocycles. The summed E-state index contributed by atoms with van der Waals surface area (Å²) in [6.07, 6.45) is 3.07. The third kappa shape index (κ3) is 3.13. The van der Waals surface area contributed by atoms with E-state index in [1.54, 1.807) is 12.1 Å². The highest BCUT2D eigenvalue weighted by Crippen LogP contribution is 2.30. The summed E-state index contributed by atoms with van der Waals surface area (Å²) in [5.41, 5.74) is 4.58. The van der Waals surface area contributed by atoms with Crippen molar-refractivity contribution < 1.29 is 4.39 Å². The first-order chi connectivity index (χ1) is 12.7. The van der Waals surface area contributed by atoms with Gasteiger partial charge in [0.05, 0.1) is 17.4 Å². The molecule has 1 atom stereocenters. The smallest absolute Gasteiger partial charge is 0.123 e. The van der Waals surface area contributed by atoms with Crippen LogP contribution in [-0.2, 0) is 0 Å². The predicted molar refractivity (Wildman–Crippen MR) is 103 cm³/mol. The fourth-order valence-electron chi connectivity index (χ4n) is 3.95. The largest absolute Gasteiger partial charge is 0.314 e. The molecule has 4 rings (SSSR count). The van der Waals surface area contributed by atoms with Crippen LogP contribution in [0.5, 0.6) is 0 Å². The van der Waals surface area contributed by atoms with Gasteiger partial charge in [0, 0.05) is 31.1 Å². The van der Waals surface area contributed by atoms with E-state index < -0.39 is 0 Å². The van der Waals surface area contributed by atoms with E-state index in [-0.39, 0.29) is 5.82 Å². The fraction of sp³-hybridized carbons (Fsp3) is 0.381. The van der Waals surface area contributed by atoms with E-state index in [2.05, 4.69) is 41.3 Å². The number of aryl methyl sites for hydroxylation is 1. The van der Waals surface area contributed by atoms with Gasteiger partial charge in [-0.15, -0.1) is 0 Å². The molecule has 1 saturated heterocycles. The van der Waals surface area contributed by atoms with Gasteiger partial charge in [0.15, 0.2) is 0 Å². The van der Waals surface area contributed by atoms with Crippen molar-refractivity contribution in [3.63, 3.8) is 0 Å². The number of nitrogens with zero attached hydrogens (tertiary/aromatic N) is 3. The van der Waals surface area contributed by atoms with Gasteiger partial charge in [0.1, 0.15) is 5.82 Å². The molecule has 1 fully saturated rings. The number of fused-ring (bicyclic) bond motifs is 1. The number of piperazine rings is 1. The van der Waals surface area contributed by atoms with Gasteiger partial charge in [-0.1, -0.05) is 6.92 Å². The maximum Gasteiger partial charge on any atom is 0.123 e. The molecule has 3 aromatic rings. The van der Waals surface area contributed by atoms with Crippen LogP contribution in [0.4, 0.5) is 4.39 Å². The molecule has 5 heteroatoms. The molecule has 2 heterocycles. The standard InChI is InChI=1S/C21H25FN4/c1-3-9-25-10-8-23-14-21(25)19-12-16-13-24-26(20(16)11-15(19)2)18-6-4-17(22)5-7-18/h4-7,11-13,21,23H,3,8-10,14H2,1-2H3/t21-/m0/s1. The summed E-state index contributed by atoms with van der Waals surface area (Å²) in [5.74, 6) is -0.232. The summed E-state index contributed by atoms with van der Waals surface area (Å²) < 4.78 is 15.1. The third-order valence-corrected chi connectivity index (χ3v) is 5.25. The van der Waals surface area contributed by atoms with Crippen molar-refractivity contribution in [3.8, 4) is 5.69 Å². The maximum atomic E-state index is 13.2. The Bertz CT molecular complexity index is 898. The van der Waals surface area contributed by atoms with E-state index in [0.29, 0.717) is 6.04 Å². The minimum absolute atomic E-state index is 0.232. The van der Waals surface area contributed by atoms with Gasteiger partial charge in [-0.2, -0.15) is 5.10 Å². The number of rotatable bonds is 4. The molecule has 0 spiro atoms. The minimum atomic E-state index is -0.232. The topological polar surface area (TPSA) is 33.1 Å². The zero-order valence-corrected chi connectivity index (χ0v) is 15.4.